The average Bonchev–Trinajstić information content (AvgIpc) is 2.13. The van der Waals surface area contributed by atoms with Gasteiger partial charge in [-0.25, -0.2) is 0 Å². The van der Waals surface area contributed by atoms with Gasteiger partial charge in [0.25, 0.3) is 0 Å². The van der Waals surface area contributed by atoms with E-state index >= 15 is 0 Å². The van der Waals surface area contributed by atoms with Crippen molar-refractivity contribution >= 4 is 0 Å². The smallest absolute Gasteiger partial charge is 0.00258 e. The van der Waals surface area contributed by atoms with E-state index in [1.807, 2.05) is 0 Å². The monoisotopic (exact) mass is 241 g/mol. The molecule has 1 N–H and O–H groups in total. The van der Waals surface area contributed by atoms with Crippen molar-refractivity contribution in [2.24, 2.45) is 17.3 Å². The second-order valence-corrected chi connectivity index (χ2v) is 7.17. The Hall–Kier alpha value is -0.0400. The van der Waals surface area contributed by atoms with Crippen molar-refractivity contribution in [3.63, 3.8) is 0 Å². The van der Waals surface area contributed by atoms with E-state index in [9.17, 15) is 0 Å². The van der Waals surface area contributed by atoms with E-state index in [2.05, 4.69) is 46.9 Å². The number of hydrogen-bond acceptors (Lipinski definition) is 1. The third kappa shape index (κ3) is 12.2. The van der Waals surface area contributed by atoms with Crippen LogP contribution in [-0.2, 0) is 0 Å². The summed E-state index contributed by atoms with van der Waals surface area (Å²) in [6.07, 6.45) is 6.86. The highest BCUT2D eigenvalue weighted by molar-refractivity contribution is 4.70. The van der Waals surface area contributed by atoms with E-state index in [-0.39, 0.29) is 0 Å². The summed E-state index contributed by atoms with van der Waals surface area (Å²) in [7, 11) is 0. The summed E-state index contributed by atoms with van der Waals surface area (Å²) in [4.78, 5) is 0. The summed E-state index contributed by atoms with van der Waals surface area (Å²) < 4.78 is 0. The Kier molecular flexibility index (Phi) is 8.94. The third-order valence-electron chi connectivity index (χ3n) is 3.22. The van der Waals surface area contributed by atoms with Crippen LogP contribution >= 0.6 is 0 Å². The molecule has 0 fully saturated rings. The molecule has 0 radical (unpaired) electrons. The molecule has 0 aromatic carbocycles. The minimum absolute atomic E-state index is 0.541. The molecule has 0 aliphatic carbocycles. The van der Waals surface area contributed by atoms with Gasteiger partial charge in [0, 0.05) is 0 Å². The summed E-state index contributed by atoms with van der Waals surface area (Å²) in [6.45, 7) is 16.4. The normalized spacial score (nSPS) is 12.7. The lowest BCUT2D eigenvalue weighted by atomic mass is 9.80. The van der Waals surface area contributed by atoms with E-state index in [1.165, 1.54) is 45.2 Å². The molecule has 0 atom stereocenters. The minimum Gasteiger partial charge on any atom is -0.316 e. The third-order valence-corrected chi connectivity index (χ3v) is 3.22. The summed E-state index contributed by atoms with van der Waals surface area (Å²) >= 11 is 0. The van der Waals surface area contributed by atoms with Gasteiger partial charge in [-0.15, -0.1) is 0 Å². The van der Waals surface area contributed by atoms with Gasteiger partial charge in [-0.2, -0.15) is 0 Å². The zero-order chi connectivity index (χ0) is 13.3. The maximum atomic E-state index is 3.51. The van der Waals surface area contributed by atoms with Crippen molar-refractivity contribution in [3.05, 3.63) is 0 Å². The Morgan fingerprint density at radius 3 is 2.06 bits per heavy atom. The van der Waals surface area contributed by atoms with Gasteiger partial charge in [-0.1, -0.05) is 54.4 Å². The lowest BCUT2D eigenvalue weighted by molar-refractivity contribution is 0.256. The molecule has 0 aromatic heterocycles. The first-order valence-corrected chi connectivity index (χ1v) is 7.54. The lowest BCUT2D eigenvalue weighted by Gasteiger charge is -2.26. The average molecular weight is 241 g/mol. The molecule has 0 aliphatic rings. The fraction of sp³-hybridized carbons (Fsp3) is 1.00. The first-order valence-electron chi connectivity index (χ1n) is 7.54. The van der Waals surface area contributed by atoms with Crippen LogP contribution in [0.1, 0.15) is 73.6 Å². The largest absolute Gasteiger partial charge is 0.316 e. The summed E-state index contributed by atoms with van der Waals surface area (Å²) in [6, 6.07) is 0. The quantitative estimate of drug-likeness (QED) is 0.538. The fourth-order valence-electron chi connectivity index (χ4n) is 2.63. The molecule has 0 aromatic rings. The van der Waals surface area contributed by atoms with Crippen LogP contribution in [0, 0.1) is 17.3 Å². The highest BCUT2D eigenvalue weighted by Crippen LogP contribution is 2.31. The highest BCUT2D eigenvalue weighted by atomic mass is 14.8. The Balaban J connectivity index is 3.38. The van der Waals surface area contributed by atoms with Gasteiger partial charge in [-0.05, 0) is 49.6 Å². The summed E-state index contributed by atoms with van der Waals surface area (Å²) in [5.74, 6) is 1.61. The van der Waals surface area contributed by atoms with E-state index in [0.717, 1.165) is 11.8 Å². The van der Waals surface area contributed by atoms with Gasteiger partial charge >= 0.3 is 0 Å². The van der Waals surface area contributed by atoms with Crippen LogP contribution in [0.25, 0.3) is 0 Å². The Morgan fingerprint density at radius 2 is 1.53 bits per heavy atom. The van der Waals surface area contributed by atoms with Crippen molar-refractivity contribution in [2.45, 2.75) is 73.6 Å². The van der Waals surface area contributed by atoms with Crippen LogP contribution in [-0.4, -0.2) is 13.1 Å². The second-order valence-electron chi connectivity index (χ2n) is 7.17. The predicted molar refractivity (Wildman–Crippen MR) is 79.4 cm³/mol. The molecular weight excluding hydrogens is 206 g/mol. The number of unbranched alkanes of at least 4 members (excludes halogenated alkanes) is 2. The van der Waals surface area contributed by atoms with Crippen molar-refractivity contribution in [1.82, 2.24) is 5.32 Å². The molecule has 0 amide bonds. The molecular formula is C16H35N. The van der Waals surface area contributed by atoms with E-state index in [1.54, 1.807) is 0 Å². The van der Waals surface area contributed by atoms with Crippen molar-refractivity contribution in [3.8, 4) is 0 Å². The van der Waals surface area contributed by atoms with Crippen molar-refractivity contribution in [1.29, 1.82) is 0 Å². The van der Waals surface area contributed by atoms with Crippen LogP contribution in [0.5, 0.6) is 0 Å². The first kappa shape index (κ1) is 17.0. The Labute approximate surface area is 110 Å². The molecule has 1 nitrogen and oxygen atoms in total. The molecule has 0 aliphatic heterocycles. The number of rotatable bonds is 10. The van der Waals surface area contributed by atoms with Crippen LogP contribution < -0.4 is 5.32 Å². The van der Waals surface area contributed by atoms with Crippen LogP contribution in [0.4, 0.5) is 0 Å². The molecule has 1 heteroatoms. The number of hydrogen-bond donors (Lipinski definition) is 1. The summed E-state index contributed by atoms with van der Waals surface area (Å²) in [5.41, 5.74) is 0.541. The van der Waals surface area contributed by atoms with Crippen LogP contribution in [0.15, 0.2) is 0 Å². The van der Waals surface area contributed by atoms with E-state index in [0.29, 0.717) is 5.41 Å². The van der Waals surface area contributed by atoms with Crippen LogP contribution in [0.3, 0.4) is 0 Å². The highest BCUT2D eigenvalue weighted by Gasteiger charge is 2.18. The SMILES string of the molecule is CC(C)CNCCCCCC(C)(C)CC(C)C. The zero-order valence-corrected chi connectivity index (χ0v) is 13.1. The van der Waals surface area contributed by atoms with E-state index in [4.69, 9.17) is 0 Å². The van der Waals surface area contributed by atoms with Gasteiger partial charge in [0.05, 0.1) is 0 Å². The molecule has 0 saturated carbocycles. The van der Waals surface area contributed by atoms with Crippen molar-refractivity contribution < 1.29 is 0 Å². The molecule has 0 bridgehead atoms. The minimum atomic E-state index is 0.541. The molecule has 17 heavy (non-hydrogen) atoms. The fourth-order valence-corrected chi connectivity index (χ4v) is 2.63. The maximum absolute atomic E-state index is 3.51. The van der Waals surface area contributed by atoms with Crippen LogP contribution in [0.2, 0.25) is 0 Å². The van der Waals surface area contributed by atoms with Gasteiger partial charge in [0.15, 0.2) is 0 Å². The Morgan fingerprint density at radius 1 is 0.882 bits per heavy atom. The van der Waals surface area contributed by atoms with Gasteiger partial charge in [0.1, 0.15) is 0 Å². The molecule has 0 rings (SSSR count). The molecule has 0 heterocycles. The van der Waals surface area contributed by atoms with Gasteiger partial charge in [-0.3, -0.25) is 0 Å². The summed E-state index contributed by atoms with van der Waals surface area (Å²) in [5, 5.41) is 3.51. The Bertz CT molecular complexity index is 170. The predicted octanol–water partition coefficient (Wildman–Crippen LogP) is 4.86. The van der Waals surface area contributed by atoms with E-state index < -0.39 is 0 Å². The molecule has 0 unspecified atom stereocenters. The number of nitrogens with one attached hydrogen (secondary N) is 1. The zero-order valence-electron chi connectivity index (χ0n) is 13.1. The van der Waals surface area contributed by atoms with Gasteiger partial charge in [0.2, 0.25) is 0 Å². The lowest BCUT2D eigenvalue weighted by Crippen LogP contribution is -2.20. The first-order chi connectivity index (χ1) is 7.83. The maximum Gasteiger partial charge on any atom is -0.00258 e. The molecule has 0 spiro atoms. The van der Waals surface area contributed by atoms with Gasteiger partial charge < -0.3 is 5.32 Å². The topological polar surface area (TPSA) is 12.0 Å². The standard InChI is InChI=1S/C16H35N/c1-14(2)12-16(5,6)10-8-7-9-11-17-13-15(3)4/h14-15,17H,7-13H2,1-6H3. The molecule has 0 saturated heterocycles. The van der Waals surface area contributed by atoms with Crippen molar-refractivity contribution in [2.75, 3.05) is 13.1 Å². The molecule has 104 valence electrons. The second kappa shape index (κ2) is 8.97.